The Morgan fingerprint density at radius 3 is 1.25 bits per heavy atom. The number of hydrogen-bond acceptors (Lipinski definition) is 7. The molecule has 1 unspecified atom stereocenters. The molecule has 0 aromatic heterocycles. The number of unbranched alkanes of at least 4 members (excludes halogenated alkanes) is 30. The molecule has 0 saturated carbocycles. The van der Waals surface area contributed by atoms with E-state index in [-0.39, 0.29) is 31.0 Å². The molecule has 0 bridgehead atoms. The maximum atomic E-state index is 12.7. The van der Waals surface area contributed by atoms with Gasteiger partial charge < -0.3 is 28.6 Å². The van der Waals surface area contributed by atoms with Gasteiger partial charge >= 0.3 is 5.97 Å². The summed E-state index contributed by atoms with van der Waals surface area (Å²) in [6.07, 6.45) is 43.0. The van der Waals surface area contributed by atoms with Crippen LogP contribution in [0.25, 0.3) is 0 Å². The lowest BCUT2D eigenvalue weighted by atomic mass is 10.0. The standard InChI is InChI=1S/C49H97NO7/c1-5-7-9-11-13-15-17-19-21-23-25-27-29-31-33-35-40-55-45-48(46-57-49(52)37-38-50(47(3)51)39-42-54-44-43-53-4)56-41-36-34-32-30-28-26-24-22-20-18-16-14-12-10-8-6-2/h48H,5-46H2,1-4H3. The normalized spacial score (nSPS) is 12.0. The number of carbonyl (C=O) groups excluding carboxylic acids is 2. The molecule has 0 spiro atoms. The number of nitrogens with zero attached hydrogens (tertiary/aromatic N) is 1. The van der Waals surface area contributed by atoms with Crippen LogP contribution in [-0.2, 0) is 33.3 Å². The second-order valence-electron chi connectivity index (χ2n) is 16.7. The van der Waals surface area contributed by atoms with E-state index in [1.54, 1.807) is 12.0 Å². The Morgan fingerprint density at radius 1 is 0.439 bits per heavy atom. The molecule has 0 aromatic rings. The Hall–Kier alpha value is -1.22. The Bertz CT molecular complexity index is 813. The van der Waals surface area contributed by atoms with Crippen LogP contribution in [0.4, 0.5) is 0 Å². The quantitative estimate of drug-likeness (QED) is 0.0447. The molecule has 1 atom stereocenters. The highest BCUT2D eigenvalue weighted by Crippen LogP contribution is 2.16. The van der Waals surface area contributed by atoms with Crippen LogP contribution in [0.5, 0.6) is 0 Å². The number of methoxy groups -OCH3 is 1. The van der Waals surface area contributed by atoms with Crippen LogP contribution in [-0.4, -0.2) is 89.3 Å². The first-order valence-corrected chi connectivity index (χ1v) is 24.7. The van der Waals surface area contributed by atoms with Crippen molar-refractivity contribution >= 4 is 11.9 Å². The topological polar surface area (TPSA) is 83.5 Å². The van der Waals surface area contributed by atoms with E-state index in [0.29, 0.717) is 52.7 Å². The van der Waals surface area contributed by atoms with Crippen molar-refractivity contribution in [1.29, 1.82) is 0 Å². The lowest BCUT2D eigenvalue weighted by Gasteiger charge is -2.21. The summed E-state index contributed by atoms with van der Waals surface area (Å²) in [7, 11) is 1.63. The zero-order chi connectivity index (χ0) is 41.5. The molecular weight excluding hydrogens is 715 g/mol. The summed E-state index contributed by atoms with van der Waals surface area (Å²) in [4.78, 5) is 26.4. The minimum absolute atomic E-state index is 0.0827. The fraction of sp³-hybridized carbons (Fsp3) is 0.959. The summed E-state index contributed by atoms with van der Waals surface area (Å²) in [5.41, 5.74) is 0. The average molecular weight is 812 g/mol. The molecule has 340 valence electrons. The highest BCUT2D eigenvalue weighted by molar-refractivity contribution is 5.75. The number of esters is 1. The zero-order valence-electron chi connectivity index (χ0n) is 38.6. The van der Waals surface area contributed by atoms with Gasteiger partial charge in [0.05, 0.1) is 32.8 Å². The average Bonchev–Trinajstić information content (AvgIpc) is 3.21. The maximum absolute atomic E-state index is 12.7. The van der Waals surface area contributed by atoms with E-state index in [1.165, 1.54) is 200 Å². The third-order valence-corrected chi connectivity index (χ3v) is 11.2. The minimum Gasteiger partial charge on any atom is -0.463 e. The molecular formula is C49H97NO7. The molecule has 8 nitrogen and oxygen atoms in total. The summed E-state index contributed by atoms with van der Waals surface area (Å²) in [5.74, 6) is -0.406. The Balaban J connectivity index is 4.23. The Morgan fingerprint density at radius 2 is 0.842 bits per heavy atom. The first kappa shape index (κ1) is 55.8. The maximum Gasteiger partial charge on any atom is 0.307 e. The van der Waals surface area contributed by atoms with Gasteiger partial charge in [0.2, 0.25) is 5.91 Å². The number of hydrogen-bond donors (Lipinski definition) is 0. The largest absolute Gasteiger partial charge is 0.463 e. The predicted molar refractivity (Wildman–Crippen MR) is 240 cm³/mol. The summed E-state index contributed by atoms with van der Waals surface area (Å²) in [6.45, 7) is 10.2. The summed E-state index contributed by atoms with van der Waals surface area (Å²) in [6, 6.07) is 0. The lowest BCUT2D eigenvalue weighted by Crippen LogP contribution is -2.35. The van der Waals surface area contributed by atoms with Crippen LogP contribution in [0.1, 0.15) is 233 Å². The van der Waals surface area contributed by atoms with Crippen LogP contribution in [0, 0.1) is 0 Å². The van der Waals surface area contributed by atoms with Gasteiger partial charge in [-0.05, 0) is 12.8 Å². The van der Waals surface area contributed by atoms with Gasteiger partial charge in [-0.3, -0.25) is 9.59 Å². The first-order valence-electron chi connectivity index (χ1n) is 24.7. The van der Waals surface area contributed by atoms with E-state index >= 15 is 0 Å². The molecule has 8 heteroatoms. The molecule has 0 N–H and O–H groups in total. The molecule has 0 aliphatic carbocycles. The van der Waals surface area contributed by atoms with Crippen molar-refractivity contribution in [3.8, 4) is 0 Å². The number of ether oxygens (including phenoxy) is 5. The van der Waals surface area contributed by atoms with Crippen LogP contribution in [0.15, 0.2) is 0 Å². The van der Waals surface area contributed by atoms with Gasteiger partial charge in [0.1, 0.15) is 12.7 Å². The second kappa shape index (κ2) is 47.5. The molecule has 0 heterocycles. The molecule has 0 radical (unpaired) electrons. The highest BCUT2D eigenvalue weighted by Gasteiger charge is 2.16. The van der Waals surface area contributed by atoms with Gasteiger partial charge in [-0.1, -0.05) is 206 Å². The molecule has 0 rings (SSSR count). The van der Waals surface area contributed by atoms with Gasteiger partial charge in [0.15, 0.2) is 0 Å². The smallest absolute Gasteiger partial charge is 0.307 e. The molecule has 0 fully saturated rings. The van der Waals surface area contributed by atoms with Crippen molar-refractivity contribution in [3.05, 3.63) is 0 Å². The van der Waals surface area contributed by atoms with Gasteiger partial charge in [0.25, 0.3) is 0 Å². The third-order valence-electron chi connectivity index (χ3n) is 11.2. The van der Waals surface area contributed by atoms with Crippen LogP contribution in [0.3, 0.4) is 0 Å². The fourth-order valence-electron chi connectivity index (χ4n) is 7.34. The number of amides is 1. The van der Waals surface area contributed by atoms with Crippen molar-refractivity contribution in [2.75, 3.05) is 66.4 Å². The Labute approximate surface area is 354 Å². The zero-order valence-corrected chi connectivity index (χ0v) is 38.6. The first-order chi connectivity index (χ1) is 28.0. The molecule has 1 amide bonds. The van der Waals surface area contributed by atoms with E-state index in [1.807, 2.05) is 0 Å². The second-order valence-corrected chi connectivity index (χ2v) is 16.7. The number of carbonyl (C=O) groups is 2. The van der Waals surface area contributed by atoms with E-state index in [9.17, 15) is 9.59 Å². The van der Waals surface area contributed by atoms with E-state index in [0.717, 1.165) is 12.8 Å². The van der Waals surface area contributed by atoms with E-state index < -0.39 is 0 Å². The minimum atomic E-state index is -0.324. The van der Waals surface area contributed by atoms with Gasteiger partial charge in [-0.15, -0.1) is 0 Å². The summed E-state index contributed by atoms with van der Waals surface area (Å²) in [5, 5.41) is 0. The van der Waals surface area contributed by atoms with Gasteiger partial charge in [-0.2, -0.15) is 0 Å². The van der Waals surface area contributed by atoms with Gasteiger partial charge in [-0.25, -0.2) is 0 Å². The summed E-state index contributed by atoms with van der Waals surface area (Å²) >= 11 is 0. The van der Waals surface area contributed by atoms with Crippen LogP contribution in [0.2, 0.25) is 0 Å². The monoisotopic (exact) mass is 812 g/mol. The summed E-state index contributed by atoms with van der Waals surface area (Å²) < 4.78 is 28.4. The van der Waals surface area contributed by atoms with Gasteiger partial charge in [0, 0.05) is 40.3 Å². The van der Waals surface area contributed by atoms with E-state index in [2.05, 4.69) is 13.8 Å². The lowest BCUT2D eigenvalue weighted by molar-refractivity contribution is -0.150. The van der Waals surface area contributed by atoms with Crippen LogP contribution >= 0.6 is 0 Å². The fourth-order valence-corrected chi connectivity index (χ4v) is 7.34. The molecule has 57 heavy (non-hydrogen) atoms. The van der Waals surface area contributed by atoms with E-state index in [4.69, 9.17) is 23.7 Å². The van der Waals surface area contributed by atoms with Crippen molar-refractivity contribution in [2.45, 2.75) is 239 Å². The predicted octanol–water partition coefficient (Wildman–Crippen LogP) is 13.4. The SMILES string of the molecule is CCCCCCCCCCCCCCCCCCOCC(COC(=O)CCN(CCOCCOC)C(C)=O)OCCCCCCCCCCCCCCCCCC. The Kier molecular flexibility index (Phi) is 46.4. The molecule has 0 saturated heterocycles. The molecule has 0 aliphatic heterocycles. The molecule has 0 aromatic carbocycles. The molecule has 0 aliphatic rings. The highest BCUT2D eigenvalue weighted by atomic mass is 16.6. The number of rotatable bonds is 48. The van der Waals surface area contributed by atoms with Crippen molar-refractivity contribution in [1.82, 2.24) is 4.90 Å². The van der Waals surface area contributed by atoms with Crippen LogP contribution < -0.4 is 0 Å². The van der Waals surface area contributed by atoms with Crippen molar-refractivity contribution < 1.29 is 33.3 Å². The van der Waals surface area contributed by atoms with Crippen molar-refractivity contribution in [3.63, 3.8) is 0 Å². The van der Waals surface area contributed by atoms with Crippen molar-refractivity contribution in [2.24, 2.45) is 0 Å². The third kappa shape index (κ3) is 44.2.